The Kier molecular flexibility index (Phi) is 3.96. The van der Waals surface area contributed by atoms with Gasteiger partial charge in [0.05, 0.1) is 5.04 Å². The molecule has 0 aliphatic rings. The Morgan fingerprint density at radius 1 is 1.38 bits per heavy atom. The van der Waals surface area contributed by atoms with E-state index in [1.807, 2.05) is 0 Å². The Bertz CT molecular complexity index is 292. The zero-order valence-electron chi connectivity index (χ0n) is 7.75. The van der Waals surface area contributed by atoms with Crippen molar-refractivity contribution in [2.24, 2.45) is 4.99 Å². The van der Waals surface area contributed by atoms with Gasteiger partial charge in [-0.15, -0.1) is 11.8 Å². The van der Waals surface area contributed by atoms with Crippen LogP contribution in [0.25, 0.3) is 0 Å². The SMILES string of the molecule is CCSC(=NC)c1ccc(F)cc1. The van der Waals surface area contributed by atoms with Gasteiger partial charge in [0, 0.05) is 12.6 Å². The molecule has 1 nitrogen and oxygen atoms in total. The van der Waals surface area contributed by atoms with Gasteiger partial charge in [0.15, 0.2) is 0 Å². The average Bonchev–Trinajstić information content (AvgIpc) is 2.16. The fraction of sp³-hybridized carbons (Fsp3) is 0.300. The van der Waals surface area contributed by atoms with Crippen LogP contribution in [0.5, 0.6) is 0 Å². The van der Waals surface area contributed by atoms with Gasteiger partial charge >= 0.3 is 0 Å². The monoisotopic (exact) mass is 197 g/mol. The van der Waals surface area contributed by atoms with Crippen LogP contribution in [0.2, 0.25) is 0 Å². The number of hydrogen-bond donors (Lipinski definition) is 0. The van der Waals surface area contributed by atoms with Crippen LogP contribution in [0.1, 0.15) is 12.5 Å². The Morgan fingerprint density at radius 2 is 2.00 bits per heavy atom. The fourth-order valence-electron chi connectivity index (χ4n) is 1.01. The summed E-state index contributed by atoms with van der Waals surface area (Å²) < 4.78 is 12.6. The second-order valence-electron chi connectivity index (χ2n) is 2.47. The van der Waals surface area contributed by atoms with E-state index in [-0.39, 0.29) is 5.82 Å². The van der Waals surface area contributed by atoms with Crippen LogP contribution in [0.3, 0.4) is 0 Å². The molecule has 0 aliphatic carbocycles. The Balaban J connectivity index is 2.87. The summed E-state index contributed by atoms with van der Waals surface area (Å²) in [5.74, 6) is 0.769. The molecule has 0 N–H and O–H groups in total. The van der Waals surface area contributed by atoms with Gasteiger partial charge in [0.2, 0.25) is 0 Å². The van der Waals surface area contributed by atoms with Crippen molar-refractivity contribution in [2.45, 2.75) is 6.92 Å². The molecule has 13 heavy (non-hydrogen) atoms. The topological polar surface area (TPSA) is 12.4 Å². The fourth-order valence-corrected chi connectivity index (χ4v) is 1.71. The van der Waals surface area contributed by atoms with Crippen molar-refractivity contribution < 1.29 is 4.39 Å². The highest BCUT2D eigenvalue weighted by Crippen LogP contribution is 2.13. The first-order valence-corrected chi connectivity index (χ1v) is 5.12. The highest BCUT2D eigenvalue weighted by Gasteiger charge is 2.01. The second-order valence-corrected chi connectivity index (χ2v) is 3.72. The van der Waals surface area contributed by atoms with E-state index in [2.05, 4.69) is 11.9 Å². The predicted molar refractivity (Wildman–Crippen MR) is 57.0 cm³/mol. The van der Waals surface area contributed by atoms with Crippen molar-refractivity contribution in [3.8, 4) is 0 Å². The standard InChI is InChI=1S/C10H12FNS/c1-3-13-10(12-2)8-4-6-9(11)7-5-8/h4-7H,3H2,1-2H3. The lowest BCUT2D eigenvalue weighted by atomic mass is 10.2. The highest BCUT2D eigenvalue weighted by molar-refractivity contribution is 8.14. The van der Waals surface area contributed by atoms with E-state index in [1.54, 1.807) is 30.9 Å². The molecule has 1 rings (SSSR count). The number of halogens is 1. The van der Waals surface area contributed by atoms with E-state index in [0.717, 1.165) is 16.4 Å². The smallest absolute Gasteiger partial charge is 0.123 e. The van der Waals surface area contributed by atoms with Crippen LogP contribution in [0.15, 0.2) is 29.3 Å². The lowest BCUT2D eigenvalue weighted by molar-refractivity contribution is 0.628. The summed E-state index contributed by atoms with van der Waals surface area (Å²) in [4.78, 5) is 4.13. The lowest BCUT2D eigenvalue weighted by Crippen LogP contribution is -1.95. The van der Waals surface area contributed by atoms with Crippen LogP contribution in [0, 0.1) is 5.82 Å². The molecule has 0 aromatic heterocycles. The maximum absolute atomic E-state index is 12.6. The second kappa shape index (κ2) is 5.02. The minimum atomic E-state index is -0.208. The summed E-state index contributed by atoms with van der Waals surface area (Å²) >= 11 is 1.66. The molecule has 0 heterocycles. The largest absolute Gasteiger partial charge is 0.281 e. The molecule has 0 saturated heterocycles. The third kappa shape index (κ3) is 2.84. The van der Waals surface area contributed by atoms with Gasteiger partial charge in [0.25, 0.3) is 0 Å². The molecule has 3 heteroatoms. The average molecular weight is 197 g/mol. The van der Waals surface area contributed by atoms with E-state index in [1.165, 1.54) is 12.1 Å². The number of aliphatic imine (C=N–C) groups is 1. The van der Waals surface area contributed by atoms with Gasteiger partial charge in [-0.1, -0.05) is 6.92 Å². The van der Waals surface area contributed by atoms with E-state index in [0.29, 0.717) is 0 Å². The van der Waals surface area contributed by atoms with Crippen molar-refractivity contribution in [3.63, 3.8) is 0 Å². The van der Waals surface area contributed by atoms with Crippen LogP contribution in [-0.4, -0.2) is 17.8 Å². The Hall–Kier alpha value is -0.830. The van der Waals surface area contributed by atoms with Gasteiger partial charge in [-0.3, -0.25) is 4.99 Å². The van der Waals surface area contributed by atoms with Gasteiger partial charge in [-0.05, 0) is 30.0 Å². The molecule has 0 spiro atoms. The molecule has 0 unspecified atom stereocenters. The summed E-state index contributed by atoms with van der Waals surface area (Å²) in [5, 5.41) is 0.961. The maximum Gasteiger partial charge on any atom is 0.123 e. The summed E-state index contributed by atoms with van der Waals surface area (Å²) in [6.07, 6.45) is 0. The minimum absolute atomic E-state index is 0.208. The molecule has 0 radical (unpaired) electrons. The van der Waals surface area contributed by atoms with Crippen LogP contribution in [0.4, 0.5) is 4.39 Å². The van der Waals surface area contributed by atoms with Crippen molar-refractivity contribution in [1.29, 1.82) is 0 Å². The van der Waals surface area contributed by atoms with E-state index in [9.17, 15) is 4.39 Å². The third-order valence-corrected chi connectivity index (χ3v) is 2.56. The molecule has 0 atom stereocenters. The number of hydrogen-bond acceptors (Lipinski definition) is 2. The zero-order chi connectivity index (χ0) is 9.68. The Labute approximate surface area is 82.1 Å². The quantitative estimate of drug-likeness (QED) is 0.524. The Morgan fingerprint density at radius 3 is 2.46 bits per heavy atom. The first kappa shape index (κ1) is 10.3. The van der Waals surface area contributed by atoms with Crippen molar-refractivity contribution >= 4 is 16.8 Å². The van der Waals surface area contributed by atoms with Crippen LogP contribution < -0.4 is 0 Å². The molecule has 0 bridgehead atoms. The van der Waals surface area contributed by atoms with Crippen molar-refractivity contribution in [2.75, 3.05) is 12.8 Å². The zero-order valence-corrected chi connectivity index (χ0v) is 8.57. The maximum atomic E-state index is 12.6. The first-order valence-electron chi connectivity index (χ1n) is 4.13. The normalized spacial score (nSPS) is 11.8. The van der Waals surface area contributed by atoms with Crippen LogP contribution >= 0.6 is 11.8 Å². The molecule has 0 saturated carbocycles. The summed E-state index contributed by atoms with van der Waals surface area (Å²) in [6.45, 7) is 2.07. The molecule has 0 aliphatic heterocycles. The molecule has 0 fully saturated rings. The third-order valence-electron chi connectivity index (χ3n) is 1.58. The number of thioether (sulfide) groups is 1. The van der Waals surface area contributed by atoms with E-state index >= 15 is 0 Å². The highest BCUT2D eigenvalue weighted by atomic mass is 32.2. The van der Waals surface area contributed by atoms with Gasteiger partial charge in [-0.2, -0.15) is 0 Å². The predicted octanol–water partition coefficient (Wildman–Crippen LogP) is 2.96. The molecule has 1 aromatic carbocycles. The van der Waals surface area contributed by atoms with Crippen molar-refractivity contribution in [1.82, 2.24) is 0 Å². The molecule has 1 aromatic rings. The first-order chi connectivity index (χ1) is 6.27. The van der Waals surface area contributed by atoms with Gasteiger partial charge in [-0.25, -0.2) is 4.39 Å². The molecular weight excluding hydrogens is 185 g/mol. The molecule has 70 valence electrons. The summed E-state index contributed by atoms with van der Waals surface area (Å²) in [6, 6.07) is 6.41. The number of nitrogens with zero attached hydrogens (tertiary/aromatic N) is 1. The van der Waals surface area contributed by atoms with Gasteiger partial charge in [0.1, 0.15) is 5.82 Å². The molecular formula is C10H12FNS. The van der Waals surface area contributed by atoms with Crippen LogP contribution in [-0.2, 0) is 0 Å². The lowest BCUT2D eigenvalue weighted by Gasteiger charge is -2.02. The van der Waals surface area contributed by atoms with Crippen molar-refractivity contribution in [3.05, 3.63) is 35.6 Å². The summed E-state index contributed by atoms with van der Waals surface area (Å²) in [5.41, 5.74) is 0.982. The number of benzene rings is 1. The van der Waals surface area contributed by atoms with E-state index < -0.39 is 0 Å². The van der Waals surface area contributed by atoms with Gasteiger partial charge < -0.3 is 0 Å². The van der Waals surface area contributed by atoms with E-state index in [4.69, 9.17) is 0 Å². The number of rotatable bonds is 2. The minimum Gasteiger partial charge on any atom is -0.281 e. The summed E-state index contributed by atoms with van der Waals surface area (Å²) in [7, 11) is 1.75. The molecule has 0 amide bonds.